The maximum Gasteiger partial charge on any atom is 0.416 e. The van der Waals surface area contributed by atoms with Gasteiger partial charge in [0.15, 0.2) is 5.57 Å². The molecule has 12 heteroatoms. The molecule has 0 unspecified atom stereocenters. The first-order valence-electron chi connectivity index (χ1n) is 11.0. The van der Waals surface area contributed by atoms with Crippen LogP contribution in [0.15, 0.2) is 53.3 Å². The molecule has 1 aromatic heterocycles. The minimum absolute atomic E-state index is 0.0249. The third-order valence-corrected chi connectivity index (χ3v) is 6.68. The van der Waals surface area contributed by atoms with E-state index in [1.54, 1.807) is 0 Å². The number of nitrogens with zero attached hydrogens (tertiary/aromatic N) is 3. The zero-order valence-corrected chi connectivity index (χ0v) is 19.8. The summed E-state index contributed by atoms with van der Waals surface area (Å²) in [6.45, 7) is -2.16. The standard InChI is InChI=1S/C25H18F5N3O3S/c26-24(27)36-18-8-6-15(7-9-18)12-20-22(35)33(17-5-3-4-16(13-17)25(28,29)30)23(37-20)19(14-31)21(34)32-10-1-2-11-32/h3-9,12-13,24H,1-2,10-11H2/b20-12-,23-19-. The quantitative estimate of drug-likeness (QED) is 0.468. The molecule has 0 bridgehead atoms. The third kappa shape index (κ3) is 5.72. The van der Waals surface area contributed by atoms with Crippen LogP contribution in [-0.2, 0) is 11.0 Å². The van der Waals surface area contributed by atoms with Crippen LogP contribution in [0, 0.1) is 11.3 Å². The Morgan fingerprint density at radius 1 is 1.11 bits per heavy atom. The van der Waals surface area contributed by atoms with Crippen molar-refractivity contribution in [3.05, 3.63) is 79.2 Å². The first kappa shape index (κ1) is 26.1. The van der Waals surface area contributed by atoms with Crippen LogP contribution in [0.2, 0.25) is 0 Å². The molecule has 0 N–H and O–H groups in total. The van der Waals surface area contributed by atoms with Crippen LogP contribution in [0.5, 0.6) is 5.75 Å². The van der Waals surface area contributed by atoms with E-state index in [4.69, 9.17) is 0 Å². The van der Waals surface area contributed by atoms with Gasteiger partial charge in [0.1, 0.15) is 16.5 Å². The lowest BCUT2D eigenvalue weighted by Gasteiger charge is -2.14. The maximum atomic E-state index is 13.4. The molecule has 1 fully saturated rings. The molecule has 1 saturated heterocycles. The lowest BCUT2D eigenvalue weighted by molar-refractivity contribution is -0.137. The van der Waals surface area contributed by atoms with Crippen molar-refractivity contribution >= 4 is 28.9 Å². The number of ether oxygens (including phenoxy) is 1. The predicted octanol–water partition coefficient (Wildman–Crippen LogP) is 3.64. The summed E-state index contributed by atoms with van der Waals surface area (Å²) < 4.78 is 70.1. The van der Waals surface area contributed by atoms with Crippen LogP contribution in [-0.4, -0.2) is 35.1 Å². The Hall–Kier alpha value is -3.98. The number of hydrogen-bond acceptors (Lipinski definition) is 5. The fourth-order valence-corrected chi connectivity index (χ4v) is 4.96. The second-order valence-electron chi connectivity index (χ2n) is 8.04. The van der Waals surface area contributed by atoms with E-state index in [-0.39, 0.29) is 26.2 Å². The molecular weight excluding hydrogens is 517 g/mol. The molecule has 1 aliphatic rings. The second-order valence-corrected chi connectivity index (χ2v) is 9.07. The van der Waals surface area contributed by atoms with Gasteiger partial charge in [-0.2, -0.15) is 27.2 Å². The number of halogens is 5. The van der Waals surface area contributed by atoms with Crippen molar-refractivity contribution in [1.29, 1.82) is 5.26 Å². The SMILES string of the molecule is N#C/C(C(=O)N1CCCC1)=c1/s/c(=C\c2ccc(OC(F)F)cc2)c(=O)n1-c1cccc(C(F)(F)F)c1. The van der Waals surface area contributed by atoms with Crippen LogP contribution in [0.4, 0.5) is 22.0 Å². The average Bonchev–Trinajstić information content (AvgIpc) is 3.49. The molecule has 4 rings (SSSR count). The Balaban J connectivity index is 1.95. The molecule has 2 aromatic carbocycles. The summed E-state index contributed by atoms with van der Waals surface area (Å²) in [6.07, 6.45) is -1.79. The summed E-state index contributed by atoms with van der Waals surface area (Å²) in [6, 6.07) is 11.2. The first-order chi connectivity index (χ1) is 17.6. The number of nitriles is 1. The van der Waals surface area contributed by atoms with Crippen LogP contribution >= 0.6 is 11.3 Å². The van der Waals surface area contributed by atoms with Crippen molar-refractivity contribution in [2.45, 2.75) is 25.6 Å². The van der Waals surface area contributed by atoms with Gasteiger partial charge >= 0.3 is 12.8 Å². The number of rotatable bonds is 5. The van der Waals surface area contributed by atoms with E-state index in [2.05, 4.69) is 4.74 Å². The summed E-state index contributed by atoms with van der Waals surface area (Å²) in [5.41, 5.74) is -1.85. The van der Waals surface area contributed by atoms with Crippen LogP contribution in [0.1, 0.15) is 24.0 Å². The van der Waals surface area contributed by atoms with Gasteiger partial charge < -0.3 is 9.64 Å². The summed E-state index contributed by atoms with van der Waals surface area (Å²) in [7, 11) is 0. The van der Waals surface area contributed by atoms with E-state index in [0.29, 0.717) is 18.7 Å². The molecule has 3 aromatic rings. The Morgan fingerprint density at radius 3 is 2.38 bits per heavy atom. The van der Waals surface area contributed by atoms with E-state index < -0.39 is 29.8 Å². The number of likely N-dealkylation sites (tertiary alicyclic amines) is 1. The third-order valence-electron chi connectivity index (χ3n) is 5.59. The van der Waals surface area contributed by atoms with Gasteiger partial charge in [-0.3, -0.25) is 14.2 Å². The molecule has 6 nitrogen and oxygen atoms in total. The van der Waals surface area contributed by atoms with Crippen molar-refractivity contribution in [2.24, 2.45) is 0 Å². The van der Waals surface area contributed by atoms with Gasteiger partial charge in [0.05, 0.1) is 15.8 Å². The fraction of sp³-hybridized carbons (Fsp3) is 0.240. The fourth-order valence-electron chi connectivity index (χ4n) is 3.87. The zero-order chi connectivity index (χ0) is 26.7. The van der Waals surface area contributed by atoms with Gasteiger partial charge in [-0.1, -0.05) is 18.2 Å². The van der Waals surface area contributed by atoms with E-state index >= 15 is 0 Å². The lowest BCUT2D eigenvalue weighted by atomic mass is 10.2. The minimum atomic E-state index is -4.68. The summed E-state index contributed by atoms with van der Waals surface area (Å²) in [4.78, 5) is 28.0. The summed E-state index contributed by atoms with van der Waals surface area (Å²) in [5.74, 6) is -0.710. The highest BCUT2D eigenvalue weighted by Crippen LogP contribution is 2.30. The zero-order valence-electron chi connectivity index (χ0n) is 19.0. The van der Waals surface area contributed by atoms with E-state index in [9.17, 15) is 36.8 Å². The van der Waals surface area contributed by atoms with Crippen molar-refractivity contribution in [2.75, 3.05) is 13.1 Å². The molecule has 192 valence electrons. The molecule has 0 aliphatic carbocycles. The molecule has 0 radical (unpaired) electrons. The van der Waals surface area contributed by atoms with Crippen LogP contribution in [0.25, 0.3) is 17.3 Å². The molecule has 2 heterocycles. The molecule has 1 aliphatic heterocycles. The van der Waals surface area contributed by atoms with Gasteiger partial charge in [0.2, 0.25) is 0 Å². The van der Waals surface area contributed by atoms with Crippen molar-refractivity contribution in [3.8, 4) is 17.5 Å². The molecule has 37 heavy (non-hydrogen) atoms. The normalized spacial score (nSPS) is 15.2. The van der Waals surface area contributed by atoms with E-state index in [1.807, 2.05) is 6.07 Å². The number of amides is 1. The second kappa shape index (κ2) is 10.6. The molecule has 0 atom stereocenters. The minimum Gasteiger partial charge on any atom is -0.435 e. The number of aromatic nitrogens is 1. The van der Waals surface area contributed by atoms with Gasteiger partial charge in [-0.25, -0.2) is 0 Å². The Bertz CT molecular complexity index is 1530. The molecule has 0 spiro atoms. The molecule has 0 saturated carbocycles. The van der Waals surface area contributed by atoms with E-state index in [1.165, 1.54) is 41.3 Å². The summed E-state index contributed by atoms with van der Waals surface area (Å²) in [5, 5.41) is 9.85. The maximum absolute atomic E-state index is 13.4. The average molecular weight is 535 g/mol. The van der Waals surface area contributed by atoms with E-state index in [0.717, 1.165) is 46.9 Å². The molecule has 1 amide bonds. The number of thiazole rings is 1. The van der Waals surface area contributed by atoms with Gasteiger partial charge in [-0.05, 0) is 54.8 Å². The van der Waals surface area contributed by atoms with Gasteiger partial charge in [0.25, 0.3) is 11.5 Å². The monoisotopic (exact) mass is 535 g/mol. The number of hydrogen-bond donors (Lipinski definition) is 0. The first-order valence-corrected chi connectivity index (χ1v) is 11.8. The highest BCUT2D eigenvalue weighted by molar-refractivity contribution is 7.07. The van der Waals surface area contributed by atoms with Gasteiger partial charge in [0, 0.05) is 13.1 Å². The van der Waals surface area contributed by atoms with Crippen LogP contribution < -0.4 is 19.5 Å². The largest absolute Gasteiger partial charge is 0.435 e. The van der Waals surface area contributed by atoms with Gasteiger partial charge in [-0.15, -0.1) is 11.3 Å². The molecular formula is C25H18F5N3O3S. The number of carbonyl (C=O) groups excluding carboxylic acids is 1. The number of benzene rings is 2. The number of alkyl halides is 5. The lowest BCUT2D eigenvalue weighted by Crippen LogP contribution is -2.35. The van der Waals surface area contributed by atoms with Crippen LogP contribution in [0.3, 0.4) is 0 Å². The predicted molar refractivity (Wildman–Crippen MR) is 126 cm³/mol. The Labute approximate surface area is 210 Å². The number of carbonyl (C=O) groups is 1. The Kier molecular flexibility index (Phi) is 7.45. The summed E-state index contributed by atoms with van der Waals surface area (Å²) >= 11 is 0.779. The Morgan fingerprint density at radius 2 is 1.78 bits per heavy atom. The van der Waals surface area contributed by atoms with Crippen molar-refractivity contribution < 1.29 is 31.5 Å². The smallest absolute Gasteiger partial charge is 0.416 e. The highest BCUT2D eigenvalue weighted by Gasteiger charge is 2.31. The van der Waals surface area contributed by atoms with Crippen molar-refractivity contribution in [3.63, 3.8) is 0 Å². The highest BCUT2D eigenvalue weighted by atomic mass is 32.1. The topological polar surface area (TPSA) is 75.3 Å². The van der Waals surface area contributed by atoms with Crippen molar-refractivity contribution in [1.82, 2.24) is 9.47 Å².